The van der Waals surface area contributed by atoms with Crippen LogP contribution >= 0.6 is 0 Å². The Kier molecular flexibility index (Phi) is 6.37. The molecule has 0 aliphatic heterocycles. The molecule has 0 saturated carbocycles. The smallest absolute Gasteiger partial charge is 0.263 e. The molecule has 0 unspecified atom stereocenters. The number of ether oxygens (including phenoxy) is 1. The van der Waals surface area contributed by atoms with E-state index in [2.05, 4.69) is 5.32 Å². The first-order valence-electron chi connectivity index (χ1n) is 6.93. The number of furan rings is 1. The van der Waals surface area contributed by atoms with E-state index in [1.807, 2.05) is 12.1 Å². The quantitative estimate of drug-likeness (QED) is 0.712. The van der Waals surface area contributed by atoms with Gasteiger partial charge in [0.15, 0.2) is 0 Å². The SMILES string of the molecule is FC(F)c1ccc(CNCCCOCc2ccco2)cc1. The fourth-order valence-corrected chi connectivity index (χ4v) is 1.88. The van der Waals surface area contributed by atoms with Crippen molar-refractivity contribution in [2.75, 3.05) is 13.2 Å². The Morgan fingerprint density at radius 1 is 1.14 bits per heavy atom. The molecule has 2 rings (SSSR count). The van der Waals surface area contributed by atoms with E-state index in [-0.39, 0.29) is 5.56 Å². The summed E-state index contributed by atoms with van der Waals surface area (Å²) in [7, 11) is 0. The van der Waals surface area contributed by atoms with Gasteiger partial charge in [0.2, 0.25) is 0 Å². The number of hydrogen-bond donors (Lipinski definition) is 1. The monoisotopic (exact) mass is 295 g/mol. The molecule has 0 aliphatic carbocycles. The maximum absolute atomic E-state index is 12.4. The Balaban J connectivity index is 1.53. The lowest BCUT2D eigenvalue weighted by Crippen LogP contribution is -2.16. The standard InChI is InChI=1S/C16H19F2NO2/c17-16(18)14-6-4-13(5-7-14)11-19-8-2-9-20-12-15-3-1-10-21-15/h1,3-7,10,16,19H,2,8-9,11-12H2. The van der Waals surface area contributed by atoms with Crippen LogP contribution in [0.4, 0.5) is 8.78 Å². The van der Waals surface area contributed by atoms with Gasteiger partial charge in [-0.25, -0.2) is 8.78 Å². The molecule has 21 heavy (non-hydrogen) atoms. The number of benzene rings is 1. The minimum absolute atomic E-state index is 0.0603. The Morgan fingerprint density at radius 3 is 2.62 bits per heavy atom. The molecule has 0 fully saturated rings. The third-order valence-corrected chi connectivity index (χ3v) is 3.03. The number of halogens is 2. The minimum atomic E-state index is -2.40. The second-order valence-electron chi connectivity index (χ2n) is 4.70. The van der Waals surface area contributed by atoms with Crippen LogP contribution in [0, 0.1) is 0 Å². The van der Waals surface area contributed by atoms with Crippen molar-refractivity contribution >= 4 is 0 Å². The fourth-order valence-electron chi connectivity index (χ4n) is 1.88. The van der Waals surface area contributed by atoms with Gasteiger partial charge in [-0.2, -0.15) is 0 Å². The summed E-state index contributed by atoms with van der Waals surface area (Å²) in [5.41, 5.74) is 1.06. The Hall–Kier alpha value is -1.72. The second-order valence-corrected chi connectivity index (χ2v) is 4.70. The van der Waals surface area contributed by atoms with Crippen molar-refractivity contribution in [3.05, 3.63) is 59.5 Å². The highest BCUT2D eigenvalue weighted by Gasteiger charge is 2.05. The molecule has 1 heterocycles. The highest BCUT2D eigenvalue weighted by molar-refractivity contribution is 5.23. The molecule has 0 aliphatic rings. The fraction of sp³-hybridized carbons (Fsp3) is 0.375. The van der Waals surface area contributed by atoms with Gasteiger partial charge in [0.25, 0.3) is 6.43 Å². The van der Waals surface area contributed by atoms with Gasteiger partial charge in [0.05, 0.1) is 6.26 Å². The van der Waals surface area contributed by atoms with E-state index in [1.54, 1.807) is 18.4 Å². The minimum Gasteiger partial charge on any atom is -0.467 e. The van der Waals surface area contributed by atoms with E-state index in [1.165, 1.54) is 12.1 Å². The summed E-state index contributed by atoms with van der Waals surface area (Å²) in [6.07, 6.45) is 0.105. The van der Waals surface area contributed by atoms with Gasteiger partial charge in [-0.1, -0.05) is 24.3 Å². The highest BCUT2D eigenvalue weighted by Crippen LogP contribution is 2.18. The van der Waals surface area contributed by atoms with Crippen molar-refractivity contribution in [3.8, 4) is 0 Å². The zero-order valence-electron chi connectivity index (χ0n) is 11.7. The summed E-state index contributed by atoms with van der Waals surface area (Å²) >= 11 is 0. The van der Waals surface area contributed by atoms with Crippen molar-refractivity contribution in [2.45, 2.75) is 26.0 Å². The topological polar surface area (TPSA) is 34.4 Å². The summed E-state index contributed by atoms with van der Waals surface area (Å²) in [5.74, 6) is 0.821. The van der Waals surface area contributed by atoms with Crippen LogP contribution in [0.2, 0.25) is 0 Å². The lowest BCUT2D eigenvalue weighted by atomic mass is 10.1. The first-order chi connectivity index (χ1) is 10.3. The van der Waals surface area contributed by atoms with Gasteiger partial charge < -0.3 is 14.5 Å². The number of nitrogens with one attached hydrogen (secondary N) is 1. The zero-order chi connectivity index (χ0) is 14.9. The largest absolute Gasteiger partial charge is 0.467 e. The molecule has 1 aromatic carbocycles. The van der Waals surface area contributed by atoms with E-state index in [0.29, 0.717) is 19.8 Å². The third-order valence-electron chi connectivity index (χ3n) is 3.03. The zero-order valence-corrected chi connectivity index (χ0v) is 11.7. The molecule has 0 bridgehead atoms. The summed E-state index contributed by atoms with van der Waals surface area (Å²) in [6, 6.07) is 10.1. The molecule has 0 spiro atoms. The second kappa shape index (κ2) is 8.54. The molecule has 5 heteroatoms. The molecule has 1 N–H and O–H groups in total. The maximum atomic E-state index is 12.4. The van der Waals surface area contributed by atoms with E-state index in [0.717, 1.165) is 24.3 Å². The third kappa shape index (κ3) is 5.65. The predicted octanol–water partition coefficient (Wildman–Crippen LogP) is 3.91. The predicted molar refractivity (Wildman–Crippen MR) is 76.1 cm³/mol. The molecule has 3 nitrogen and oxygen atoms in total. The lowest BCUT2D eigenvalue weighted by Gasteiger charge is -2.06. The maximum Gasteiger partial charge on any atom is 0.263 e. The van der Waals surface area contributed by atoms with Crippen LogP contribution in [0.3, 0.4) is 0 Å². The number of alkyl halides is 2. The van der Waals surface area contributed by atoms with Crippen molar-refractivity contribution in [1.82, 2.24) is 5.32 Å². The van der Waals surface area contributed by atoms with Crippen molar-refractivity contribution < 1.29 is 17.9 Å². The van der Waals surface area contributed by atoms with E-state index in [9.17, 15) is 8.78 Å². The molecular weight excluding hydrogens is 276 g/mol. The van der Waals surface area contributed by atoms with Gasteiger partial charge in [0.1, 0.15) is 12.4 Å². The summed E-state index contributed by atoms with van der Waals surface area (Å²) in [4.78, 5) is 0. The van der Waals surface area contributed by atoms with Crippen LogP contribution in [0.1, 0.15) is 29.7 Å². The normalized spacial score (nSPS) is 11.2. The molecular formula is C16H19F2NO2. The Morgan fingerprint density at radius 2 is 1.95 bits per heavy atom. The first kappa shape index (κ1) is 15.7. The van der Waals surface area contributed by atoms with Gasteiger partial charge in [-0.15, -0.1) is 0 Å². The molecule has 0 saturated heterocycles. The van der Waals surface area contributed by atoms with E-state index >= 15 is 0 Å². The molecule has 0 radical (unpaired) electrons. The van der Waals surface area contributed by atoms with E-state index < -0.39 is 6.43 Å². The van der Waals surface area contributed by atoms with Crippen LogP contribution in [0.5, 0.6) is 0 Å². The average Bonchev–Trinajstić information content (AvgIpc) is 3.00. The van der Waals surface area contributed by atoms with Gasteiger partial charge in [-0.05, 0) is 30.7 Å². The molecule has 0 amide bonds. The van der Waals surface area contributed by atoms with Crippen molar-refractivity contribution in [1.29, 1.82) is 0 Å². The van der Waals surface area contributed by atoms with Crippen LogP contribution in [-0.2, 0) is 17.9 Å². The average molecular weight is 295 g/mol. The first-order valence-corrected chi connectivity index (χ1v) is 6.93. The van der Waals surface area contributed by atoms with Gasteiger partial charge >= 0.3 is 0 Å². The molecule has 1 aromatic heterocycles. The summed E-state index contributed by atoms with van der Waals surface area (Å²) < 4.78 is 35.4. The van der Waals surface area contributed by atoms with Gasteiger partial charge in [0, 0.05) is 18.7 Å². The van der Waals surface area contributed by atoms with Crippen LogP contribution < -0.4 is 5.32 Å². The van der Waals surface area contributed by atoms with Crippen molar-refractivity contribution in [3.63, 3.8) is 0 Å². The van der Waals surface area contributed by atoms with Crippen molar-refractivity contribution in [2.24, 2.45) is 0 Å². The van der Waals surface area contributed by atoms with Crippen LogP contribution in [0.25, 0.3) is 0 Å². The van der Waals surface area contributed by atoms with Crippen LogP contribution in [-0.4, -0.2) is 13.2 Å². The number of rotatable bonds is 9. The Labute approximate surface area is 122 Å². The van der Waals surface area contributed by atoms with Gasteiger partial charge in [-0.3, -0.25) is 0 Å². The highest BCUT2D eigenvalue weighted by atomic mass is 19.3. The summed E-state index contributed by atoms with van der Waals surface area (Å²) in [6.45, 7) is 2.62. The molecule has 0 atom stereocenters. The van der Waals surface area contributed by atoms with Crippen LogP contribution in [0.15, 0.2) is 47.1 Å². The Bertz CT molecular complexity index is 498. The molecule has 114 valence electrons. The molecule has 2 aromatic rings. The number of hydrogen-bond acceptors (Lipinski definition) is 3. The van der Waals surface area contributed by atoms with E-state index in [4.69, 9.17) is 9.15 Å². The summed E-state index contributed by atoms with van der Waals surface area (Å²) in [5, 5.41) is 3.25. The lowest BCUT2D eigenvalue weighted by molar-refractivity contribution is 0.104.